The highest BCUT2D eigenvalue weighted by Crippen LogP contribution is 2.16. The first kappa shape index (κ1) is 15.0. The highest BCUT2D eigenvalue weighted by atomic mass is 16.2. The van der Waals surface area contributed by atoms with E-state index in [-0.39, 0.29) is 18.4 Å². The Morgan fingerprint density at radius 2 is 2.22 bits per heavy atom. The molecule has 5 nitrogen and oxygen atoms in total. The van der Waals surface area contributed by atoms with Gasteiger partial charge in [-0.25, -0.2) is 0 Å². The van der Waals surface area contributed by atoms with E-state index in [1.807, 2.05) is 6.92 Å². The van der Waals surface area contributed by atoms with E-state index < -0.39 is 0 Å². The lowest BCUT2D eigenvalue weighted by molar-refractivity contribution is -0.136. The Morgan fingerprint density at radius 1 is 1.44 bits per heavy atom. The van der Waals surface area contributed by atoms with E-state index in [4.69, 9.17) is 0 Å². The van der Waals surface area contributed by atoms with Gasteiger partial charge < -0.3 is 15.5 Å². The molecule has 1 saturated heterocycles. The summed E-state index contributed by atoms with van der Waals surface area (Å²) in [7, 11) is 1.59. The van der Waals surface area contributed by atoms with E-state index in [9.17, 15) is 9.59 Å². The summed E-state index contributed by atoms with van der Waals surface area (Å²) in [4.78, 5) is 24.9. The van der Waals surface area contributed by atoms with Crippen molar-refractivity contribution in [3.63, 3.8) is 0 Å². The quantitative estimate of drug-likeness (QED) is 0.720. The van der Waals surface area contributed by atoms with Crippen LogP contribution in [-0.4, -0.2) is 49.9 Å². The largest absolute Gasteiger partial charge is 0.358 e. The molecule has 1 atom stereocenters. The zero-order valence-electron chi connectivity index (χ0n) is 11.5. The monoisotopic (exact) mass is 255 g/mol. The van der Waals surface area contributed by atoms with Crippen molar-refractivity contribution in [2.75, 3.05) is 33.2 Å². The summed E-state index contributed by atoms with van der Waals surface area (Å²) >= 11 is 0. The van der Waals surface area contributed by atoms with Crippen molar-refractivity contribution in [3.05, 3.63) is 0 Å². The molecule has 104 valence electrons. The Kier molecular flexibility index (Phi) is 6.72. The van der Waals surface area contributed by atoms with Crippen molar-refractivity contribution < 1.29 is 9.59 Å². The number of amides is 2. The van der Waals surface area contributed by atoms with Gasteiger partial charge in [0.1, 0.15) is 0 Å². The Labute approximate surface area is 109 Å². The molecule has 0 aromatic carbocycles. The molecule has 0 aromatic heterocycles. The van der Waals surface area contributed by atoms with Crippen molar-refractivity contribution in [3.8, 4) is 0 Å². The number of hydrogen-bond acceptors (Lipinski definition) is 3. The summed E-state index contributed by atoms with van der Waals surface area (Å²) in [5.74, 6) is 0.595. The minimum atomic E-state index is -0.107. The van der Waals surface area contributed by atoms with Gasteiger partial charge in [-0.1, -0.05) is 0 Å². The maximum atomic E-state index is 12.0. The maximum absolute atomic E-state index is 12.0. The van der Waals surface area contributed by atoms with Crippen molar-refractivity contribution in [1.29, 1.82) is 0 Å². The van der Waals surface area contributed by atoms with Gasteiger partial charge in [0.2, 0.25) is 11.8 Å². The van der Waals surface area contributed by atoms with Crippen molar-refractivity contribution in [1.82, 2.24) is 15.5 Å². The number of carbonyl (C=O) groups is 2. The van der Waals surface area contributed by atoms with Crippen LogP contribution in [0.2, 0.25) is 0 Å². The van der Waals surface area contributed by atoms with Gasteiger partial charge >= 0.3 is 0 Å². The Bertz CT molecular complexity index is 275. The highest BCUT2D eigenvalue weighted by molar-refractivity contribution is 5.84. The Hall–Kier alpha value is -1.10. The van der Waals surface area contributed by atoms with Crippen LogP contribution < -0.4 is 10.6 Å². The van der Waals surface area contributed by atoms with Crippen LogP contribution in [0.25, 0.3) is 0 Å². The second kappa shape index (κ2) is 8.08. The molecule has 2 N–H and O–H groups in total. The van der Waals surface area contributed by atoms with Crippen molar-refractivity contribution in [2.45, 2.75) is 32.6 Å². The van der Waals surface area contributed by atoms with Gasteiger partial charge in [-0.2, -0.15) is 0 Å². The maximum Gasteiger partial charge on any atom is 0.239 e. The summed E-state index contributed by atoms with van der Waals surface area (Å²) in [5, 5.41) is 5.90. The molecule has 0 spiro atoms. The van der Waals surface area contributed by atoms with Crippen LogP contribution in [0.3, 0.4) is 0 Å². The molecule has 0 radical (unpaired) electrons. The van der Waals surface area contributed by atoms with Gasteiger partial charge in [0.15, 0.2) is 0 Å². The summed E-state index contributed by atoms with van der Waals surface area (Å²) in [5.41, 5.74) is 0. The Morgan fingerprint density at radius 3 is 2.78 bits per heavy atom. The minimum absolute atomic E-state index is 0.0895. The summed E-state index contributed by atoms with van der Waals surface area (Å²) in [6.07, 6.45) is 3.89. The van der Waals surface area contributed by atoms with Crippen molar-refractivity contribution >= 4 is 11.8 Å². The zero-order valence-corrected chi connectivity index (χ0v) is 11.5. The van der Waals surface area contributed by atoms with Gasteiger partial charge in [-0.3, -0.25) is 9.59 Å². The fourth-order valence-electron chi connectivity index (χ4n) is 2.28. The van der Waals surface area contributed by atoms with Crippen LogP contribution in [0.1, 0.15) is 32.6 Å². The zero-order chi connectivity index (χ0) is 13.4. The van der Waals surface area contributed by atoms with Gasteiger partial charge in [0.05, 0.1) is 6.54 Å². The van der Waals surface area contributed by atoms with E-state index in [0.29, 0.717) is 18.9 Å². The normalized spacial score (nSPS) is 19.3. The second-order valence-corrected chi connectivity index (χ2v) is 4.83. The molecule has 1 unspecified atom stereocenters. The first-order valence-corrected chi connectivity index (χ1v) is 6.86. The topological polar surface area (TPSA) is 61.4 Å². The fourth-order valence-corrected chi connectivity index (χ4v) is 2.28. The van der Waals surface area contributed by atoms with E-state index in [1.54, 1.807) is 11.9 Å². The lowest BCUT2D eigenvalue weighted by Crippen LogP contribution is -2.40. The van der Waals surface area contributed by atoms with Gasteiger partial charge in [-0.15, -0.1) is 0 Å². The molecule has 0 saturated carbocycles. The van der Waals surface area contributed by atoms with Crippen LogP contribution in [0.4, 0.5) is 0 Å². The number of piperidine rings is 1. The summed E-state index contributed by atoms with van der Waals surface area (Å²) in [6, 6.07) is 0. The van der Waals surface area contributed by atoms with Gasteiger partial charge in [0, 0.05) is 20.0 Å². The number of nitrogens with zero attached hydrogens (tertiary/aromatic N) is 1. The lowest BCUT2D eigenvalue weighted by atomic mass is 9.94. The van der Waals surface area contributed by atoms with E-state index in [1.165, 1.54) is 12.8 Å². The molecule has 0 aliphatic carbocycles. The summed E-state index contributed by atoms with van der Waals surface area (Å²) in [6.45, 7) is 4.80. The first-order chi connectivity index (χ1) is 8.67. The number of carbonyl (C=O) groups excluding carboxylic acids is 2. The smallest absolute Gasteiger partial charge is 0.239 e. The second-order valence-electron chi connectivity index (χ2n) is 4.83. The highest BCUT2D eigenvalue weighted by Gasteiger charge is 2.18. The van der Waals surface area contributed by atoms with Gasteiger partial charge in [0.25, 0.3) is 0 Å². The molecule has 0 aromatic rings. The average molecular weight is 255 g/mol. The average Bonchev–Trinajstić information content (AvgIpc) is 2.42. The fraction of sp³-hybridized carbons (Fsp3) is 0.846. The molecular formula is C13H25N3O2. The van der Waals surface area contributed by atoms with E-state index in [2.05, 4.69) is 10.6 Å². The number of hydrogen-bond donors (Lipinski definition) is 2. The predicted octanol–water partition coefficient (Wildman–Crippen LogP) is 0.361. The van der Waals surface area contributed by atoms with Crippen LogP contribution >= 0.6 is 0 Å². The van der Waals surface area contributed by atoms with E-state index >= 15 is 0 Å². The van der Waals surface area contributed by atoms with Crippen LogP contribution in [-0.2, 0) is 9.59 Å². The molecule has 0 bridgehead atoms. The molecule has 5 heteroatoms. The van der Waals surface area contributed by atoms with Crippen LogP contribution in [0.15, 0.2) is 0 Å². The number of nitrogens with one attached hydrogen (secondary N) is 2. The molecule has 18 heavy (non-hydrogen) atoms. The molecule has 1 aliphatic heterocycles. The van der Waals surface area contributed by atoms with Crippen LogP contribution in [0, 0.1) is 5.92 Å². The summed E-state index contributed by atoms with van der Waals surface area (Å²) < 4.78 is 0. The molecule has 1 fully saturated rings. The molecule has 1 rings (SSSR count). The minimum Gasteiger partial charge on any atom is -0.358 e. The first-order valence-electron chi connectivity index (χ1n) is 6.86. The SMILES string of the molecule is CCN(CC(=O)NC)C(=O)CCC1CCCNC1. The molecular weight excluding hydrogens is 230 g/mol. The third-order valence-electron chi connectivity index (χ3n) is 3.51. The Balaban J connectivity index is 2.30. The number of likely N-dealkylation sites (N-methyl/N-ethyl adjacent to an activating group) is 2. The molecule has 1 heterocycles. The van der Waals surface area contributed by atoms with Crippen molar-refractivity contribution in [2.24, 2.45) is 5.92 Å². The van der Waals surface area contributed by atoms with Gasteiger partial charge in [-0.05, 0) is 45.2 Å². The lowest BCUT2D eigenvalue weighted by Gasteiger charge is -2.24. The molecule has 2 amide bonds. The van der Waals surface area contributed by atoms with Crippen LogP contribution in [0.5, 0.6) is 0 Å². The third-order valence-corrected chi connectivity index (χ3v) is 3.51. The standard InChI is InChI=1S/C13H25N3O2/c1-3-16(10-12(17)14-2)13(18)7-6-11-5-4-8-15-9-11/h11,15H,3-10H2,1-2H3,(H,14,17). The molecule has 1 aliphatic rings. The third kappa shape index (κ3) is 5.04. The predicted molar refractivity (Wildman–Crippen MR) is 71.1 cm³/mol. The van der Waals surface area contributed by atoms with E-state index in [0.717, 1.165) is 19.5 Å². The number of rotatable bonds is 6.